The predicted octanol–water partition coefficient (Wildman–Crippen LogP) is 2.86. The number of fused-ring (bicyclic) bond motifs is 1. The van der Waals surface area contributed by atoms with Crippen molar-refractivity contribution >= 4 is 39.0 Å². The molecule has 1 aliphatic heterocycles. The van der Waals surface area contributed by atoms with Crippen molar-refractivity contribution in [1.29, 1.82) is 0 Å². The lowest BCUT2D eigenvalue weighted by molar-refractivity contribution is -0.137. The van der Waals surface area contributed by atoms with Crippen molar-refractivity contribution < 1.29 is 23.7 Å². The zero-order valence-electron chi connectivity index (χ0n) is 20.3. The van der Waals surface area contributed by atoms with Gasteiger partial charge in [-0.2, -0.15) is 9.78 Å². The quantitative estimate of drug-likeness (QED) is 0.391. The minimum absolute atomic E-state index is 0.144. The molecule has 36 heavy (non-hydrogen) atoms. The fourth-order valence-electron chi connectivity index (χ4n) is 3.82. The van der Waals surface area contributed by atoms with Gasteiger partial charge in [-0.25, -0.2) is 4.98 Å². The van der Waals surface area contributed by atoms with E-state index in [4.69, 9.17) is 18.9 Å². The zero-order valence-corrected chi connectivity index (χ0v) is 21.9. The van der Waals surface area contributed by atoms with Crippen LogP contribution in [0.15, 0.2) is 44.7 Å². The zero-order chi connectivity index (χ0) is 25.7. The lowest BCUT2D eigenvalue weighted by Crippen LogP contribution is -2.43. The van der Waals surface area contributed by atoms with Crippen molar-refractivity contribution in [2.24, 2.45) is 5.10 Å². The minimum atomic E-state index is -0.269. The smallest absolute Gasteiger partial charge is 0.282 e. The molecule has 0 radical (unpaired) electrons. The molecule has 0 aliphatic carbocycles. The molecule has 1 aromatic heterocycles. The number of benzene rings is 2. The van der Waals surface area contributed by atoms with Gasteiger partial charge in [0.2, 0.25) is 5.75 Å². The van der Waals surface area contributed by atoms with Gasteiger partial charge in [0, 0.05) is 29.5 Å². The lowest BCUT2D eigenvalue weighted by atomic mass is 10.2. The molecule has 3 aromatic rings. The molecule has 1 fully saturated rings. The highest BCUT2D eigenvalue weighted by atomic mass is 79.9. The normalized spacial score (nSPS) is 13.8. The van der Waals surface area contributed by atoms with E-state index >= 15 is 0 Å². The third-order valence-corrected chi connectivity index (χ3v) is 6.19. The van der Waals surface area contributed by atoms with Gasteiger partial charge < -0.3 is 23.8 Å². The third kappa shape index (κ3) is 5.52. The molecule has 0 spiro atoms. The van der Waals surface area contributed by atoms with Crippen molar-refractivity contribution in [3.63, 3.8) is 0 Å². The van der Waals surface area contributed by atoms with Crippen LogP contribution in [0, 0.1) is 0 Å². The first-order valence-corrected chi connectivity index (χ1v) is 12.2. The van der Waals surface area contributed by atoms with E-state index in [0.29, 0.717) is 72.3 Å². The summed E-state index contributed by atoms with van der Waals surface area (Å²) in [5, 5.41) is 4.88. The van der Waals surface area contributed by atoms with Crippen LogP contribution in [0.1, 0.15) is 18.3 Å². The number of nitrogens with zero attached hydrogens (tertiary/aromatic N) is 4. The van der Waals surface area contributed by atoms with Gasteiger partial charge in [0.25, 0.3) is 11.5 Å². The largest absolute Gasteiger partial charge is 0.493 e. The highest BCUT2D eigenvalue weighted by Crippen LogP contribution is 2.38. The van der Waals surface area contributed by atoms with E-state index in [0.717, 1.165) is 4.47 Å². The van der Waals surface area contributed by atoms with Crippen LogP contribution < -0.4 is 19.8 Å². The number of carbonyl (C=O) groups is 1. The summed E-state index contributed by atoms with van der Waals surface area (Å²) < 4.78 is 24.2. The molecule has 2 heterocycles. The van der Waals surface area contributed by atoms with Crippen LogP contribution in [0.3, 0.4) is 0 Å². The molecule has 1 aliphatic rings. The number of rotatable bonds is 8. The van der Waals surface area contributed by atoms with Crippen LogP contribution in [0.4, 0.5) is 0 Å². The maximum atomic E-state index is 13.1. The summed E-state index contributed by atoms with van der Waals surface area (Å²) in [5.74, 6) is 1.44. The number of amides is 1. The summed E-state index contributed by atoms with van der Waals surface area (Å²) in [7, 11) is 2.99. The fraction of sp³-hybridized carbons (Fsp3) is 0.360. The number of hydrogen-bond acceptors (Lipinski definition) is 8. The van der Waals surface area contributed by atoms with Crippen molar-refractivity contribution in [2.45, 2.75) is 13.3 Å². The van der Waals surface area contributed by atoms with E-state index < -0.39 is 0 Å². The van der Waals surface area contributed by atoms with Crippen LogP contribution in [-0.2, 0) is 16.0 Å². The molecule has 1 saturated heterocycles. The summed E-state index contributed by atoms with van der Waals surface area (Å²) >= 11 is 3.40. The van der Waals surface area contributed by atoms with Crippen molar-refractivity contribution in [3.8, 4) is 17.2 Å². The molecule has 1 amide bonds. The van der Waals surface area contributed by atoms with Gasteiger partial charge in [-0.15, -0.1) is 0 Å². The van der Waals surface area contributed by atoms with E-state index in [1.807, 2.05) is 13.0 Å². The van der Waals surface area contributed by atoms with Crippen LogP contribution in [0.25, 0.3) is 10.9 Å². The molecule has 2 aromatic carbocycles. The Morgan fingerprint density at radius 2 is 1.86 bits per heavy atom. The van der Waals surface area contributed by atoms with E-state index in [-0.39, 0.29) is 18.1 Å². The van der Waals surface area contributed by atoms with Crippen molar-refractivity contribution in [2.75, 3.05) is 47.1 Å². The first-order valence-electron chi connectivity index (χ1n) is 11.4. The Morgan fingerprint density at radius 1 is 1.17 bits per heavy atom. The number of aromatic nitrogens is 2. The minimum Gasteiger partial charge on any atom is -0.493 e. The maximum absolute atomic E-state index is 13.1. The molecule has 0 unspecified atom stereocenters. The summed E-state index contributed by atoms with van der Waals surface area (Å²) in [4.78, 5) is 31.9. The molecule has 0 saturated carbocycles. The molecular formula is C25H27BrN4O6. The summed E-state index contributed by atoms with van der Waals surface area (Å²) in [6.07, 6.45) is 2.05. The Morgan fingerprint density at radius 3 is 2.50 bits per heavy atom. The first-order chi connectivity index (χ1) is 17.4. The van der Waals surface area contributed by atoms with Crippen LogP contribution in [-0.4, -0.2) is 73.8 Å². The second kappa shape index (κ2) is 11.5. The number of halogens is 1. The van der Waals surface area contributed by atoms with Crippen molar-refractivity contribution in [1.82, 2.24) is 14.6 Å². The van der Waals surface area contributed by atoms with Gasteiger partial charge >= 0.3 is 0 Å². The van der Waals surface area contributed by atoms with Gasteiger partial charge in [-0.1, -0.05) is 22.9 Å². The average Bonchev–Trinajstić information content (AvgIpc) is 2.91. The van der Waals surface area contributed by atoms with E-state index in [2.05, 4.69) is 26.0 Å². The Balaban J connectivity index is 1.62. The number of aryl methyl sites for hydroxylation is 1. The van der Waals surface area contributed by atoms with E-state index in [1.54, 1.807) is 29.2 Å². The molecule has 0 bridgehead atoms. The SMILES string of the molecule is CCc1nc2ccc(Br)cc2c(=O)n1N=Cc1cc(OC)c(OCC(=O)N2CCOCC2)c(OC)c1. The van der Waals surface area contributed by atoms with Crippen LogP contribution in [0.2, 0.25) is 0 Å². The maximum Gasteiger partial charge on any atom is 0.282 e. The summed E-state index contributed by atoms with van der Waals surface area (Å²) in [6.45, 7) is 3.85. The van der Waals surface area contributed by atoms with Crippen LogP contribution in [0.5, 0.6) is 17.2 Å². The molecule has 10 nitrogen and oxygen atoms in total. The van der Waals surface area contributed by atoms with Crippen molar-refractivity contribution in [3.05, 3.63) is 56.5 Å². The van der Waals surface area contributed by atoms with Crippen LogP contribution >= 0.6 is 15.9 Å². The third-order valence-electron chi connectivity index (χ3n) is 5.70. The number of methoxy groups -OCH3 is 2. The Labute approximate surface area is 216 Å². The van der Waals surface area contributed by atoms with E-state index in [1.165, 1.54) is 25.1 Å². The summed E-state index contributed by atoms with van der Waals surface area (Å²) in [5.41, 5.74) is 0.955. The van der Waals surface area contributed by atoms with Gasteiger partial charge in [0.15, 0.2) is 18.1 Å². The molecule has 4 rings (SSSR count). The number of hydrogen-bond donors (Lipinski definition) is 0. The van der Waals surface area contributed by atoms with E-state index in [9.17, 15) is 9.59 Å². The van der Waals surface area contributed by atoms with Gasteiger partial charge in [0.05, 0.1) is 44.6 Å². The Kier molecular flexibility index (Phi) is 8.21. The number of morpholine rings is 1. The molecule has 0 atom stereocenters. The highest BCUT2D eigenvalue weighted by Gasteiger charge is 2.20. The number of carbonyl (C=O) groups excluding carboxylic acids is 1. The molecule has 0 N–H and O–H groups in total. The van der Waals surface area contributed by atoms with Gasteiger partial charge in [0.1, 0.15) is 5.82 Å². The Hall–Kier alpha value is -3.44. The summed E-state index contributed by atoms with van der Waals surface area (Å²) in [6, 6.07) is 8.77. The number of ether oxygens (including phenoxy) is 4. The van der Waals surface area contributed by atoms with Gasteiger partial charge in [-0.05, 0) is 30.3 Å². The fourth-order valence-corrected chi connectivity index (χ4v) is 4.18. The predicted molar refractivity (Wildman–Crippen MR) is 139 cm³/mol. The standard InChI is InChI=1S/C25H27BrN4O6/c1-4-22-28-19-6-5-17(26)13-18(19)25(32)30(22)27-14-16-11-20(33-2)24(21(12-16)34-3)36-15-23(31)29-7-9-35-10-8-29/h5-6,11-14H,4,7-10,15H2,1-3H3. The average molecular weight is 559 g/mol. The Bertz CT molecular complexity index is 1330. The lowest BCUT2D eigenvalue weighted by Gasteiger charge is -2.27. The first kappa shape index (κ1) is 25.6. The monoisotopic (exact) mass is 558 g/mol. The molecule has 190 valence electrons. The topological polar surface area (TPSA) is 104 Å². The second-order valence-corrected chi connectivity index (χ2v) is 8.86. The second-order valence-electron chi connectivity index (χ2n) is 7.94. The molecule has 11 heteroatoms. The molecular weight excluding hydrogens is 532 g/mol. The van der Waals surface area contributed by atoms with Gasteiger partial charge in [-0.3, -0.25) is 9.59 Å². The highest BCUT2D eigenvalue weighted by molar-refractivity contribution is 9.10.